The Kier molecular flexibility index (Phi) is 5.81. The van der Waals surface area contributed by atoms with Crippen molar-refractivity contribution in [2.75, 3.05) is 29.9 Å². The molecule has 2 saturated heterocycles. The van der Waals surface area contributed by atoms with Crippen LogP contribution in [0.3, 0.4) is 0 Å². The highest BCUT2D eigenvalue weighted by Gasteiger charge is 2.54. The van der Waals surface area contributed by atoms with Crippen LogP contribution >= 0.6 is 0 Å². The van der Waals surface area contributed by atoms with Gasteiger partial charge in [-0.2, -0.15) is 13.2 Å². The summed E-state index contributed by atoms with van der Waals surface area (Å²) in [6, 6.07) is 5.23. The van der Waals surface area contributed by atoms with Crippen LogP contribution < -0.4 is 10.2 Å². The lowest BCUT2D eigenvalue weighted by molar-refractivity contribution is -0.161. The van der Waals surface area contributed by atoms with E-state index in [4.69, 9.17) is 9.47 Å². The van der Waals surface area contributed by atoms with Gasteiger partial charge in [-0.3, -0.25) is 0 Å². The lowest BCUT2D eigenvalue weighted by atomic mass is 10.1. The smallest absolute Gasteiger partial charge is 0.396 e. The van der Waals surface area contributed by atoms with Crippen LogP contribution in [0.5, 0.6) is 0 Å². The van der Waals surface area contributed by atoms with E-state index < -0.39 is 17.5 Å². The second-order valence-corrected chi connectivity index (χ2v) is 10.5. The number of alkyl halides is 3. The predicted molar refractivity (Wildman–Crippen MR) is 129 cm³/mol. The van der Waals surface area contributed by atoms with Crippen molar-refractivity contribution in [1.82, 2.24) is 19.5 Å². The van der Waals surface area contributed by atoms with Gasteiger partial charge >= 0.3 is 6.18 Å². The summed E-state index contributed by atoms with van der Waals surface area (Å²) in [6.45, 7) is 5.11. The Morgan fingerprint density at radius 2 is 1.86 bits per heavy atom. The molecule has 12 heteroatoms. The Morgan fingerprint density at radius 3 is 2.59 bits per heavy atom. The van der Waals surface area contributed by atoms with E-state index in [2.05, 4.69) is 25.2 Å². The van der Waals surface area contributed by atoms with Gasteiger partial charge < -0.3 is 29.4 Å². The average Bonchev–Trinajstić information content (AvgIpc) is 3.61. The number of ether oxygens (including phenoxy) is 2. The van der Waals surface area contributed by atoms with Gasteiger partial charge in [-0.1, -0.05) is 0 Å². The molecule has 0 radical (unpaired) electrons. The molecule has 3 aromatic rings. The molecule has 1 aromatic carbocycles. The number of aliphatic hydroxyl groups is 1. The van der Waals surface area contributed by atoms with Gasteiger partial charge in [-0.05, 0) is 51.0 Å². The molecule has 198 valence electrons. The summed E-state index contributed by atoms with van der Waals surface area (Å²) in [4.78, 5) is 15.6. The zero-order valence-corrected chi connectivity index (χ0v) is 20.5. The monoisotopic (exact) mass is 518 g/mol. The van der Waals surface area contributed by atoms with E-state index in [1.807, 2.05) is 18.4 Å². The highest BCUT2D eigenvalue weighted by molar-refractivity contribution is 5.83. The number of nitrogens with one attached hydrogen (secondary N) is 1. The van der Waals surface area contributed by atoms with E-state index >= 15 is 0 Å². The first-order valence-corrected chi connectivity index (χ1v) is 12.5. The topological polar surface area (TPSA) is 97.6 Å². The number of imidazole rings is 1. The molecular weight excluding hydrogens is 489 g/mol. The molecule has 1 saturated carbocycles. The number of fused-ring (bicyclic) bond motifs is 2. The maximum atomic E-state index is 12.9. The van der Waals surface area contributed by atoms with Gasteiger partial charge in [0.15, 0.2) is 17.3 Å². The summed E-state index contributed by atoms with van der Waals surface area (Å²) >= 11 is 0. The van der Waals surface area contributed by atoms with E-state index in [1.54, 1.807) is 6.33 Å². The maximum Gasteiger partial charge on any atom is 0.416 e. The van der Waals surface area contributed by atoms with E-state index in [1.165, 1.54) is 18.5 Å². The molecule has 2 N–H and O–H groups in total. The normalized spacial score (nSPS) is 29.2. The molecule has 2 aliphatic heterocycles. The number of nitrogens with zero attached hydrogens (tertiary/aromatic N) is 5. The summed E-state index contributed by atoms with van der Waals surface area (Å²) in [6.07, 6.45) is -0.0370. The third-order valence-electron chi connectivity index (χ3n) is 7.59. The van der Waals surface area contributed by atoms with Crippen molar-refractivity contribution < 1.29 is 27.8 Å². The van der Waals surface area contributed by atoms with Crippen LogP contribution in [0.25, 0.3) is 11.2 Å². The predicted octanol–water partition coefficient (Wildman–Crippen LogP) is 3.61. The Bertz CT molecular complexity index is 1280. The first-order valence-electron chi connectivity index (χ1n) is 12.5. The summed E-state index contributed by atoms with van der Waals surface area (Å²) < 4.78 is 53.0. The standard InChI is InChI=1S/C25H29F3N6O3/c1-24(2)36-20-14(11-35)9-18(21(20)37-24)34-13-31-19-22(29-12-30-23(19)34)32-16-7-8-33(10-16)17-5-3-15(4-6-17)25(26,27)28/h3-6,12-14,16,18,20-21,35H,7-11H2,1-2H3,(H,29,30,32)/t14-,16+,18-,20-,21+/m1/s1. The van der Waals surface area contributed by atoms with Gasteiger partial charge in [0, 0.05) is 37.3 Å². The van der Waals surface area contributed by atoms with Crippen LogP contribution in [0.2, 0.25) is 0 Å². The van der Waals surface area contributed by atoms with Crippen LogP contribution in [0.15, 0.2) is 36.9 Å². The van der Waals surface area contributed by atoms with Crippen molar-refractivity contribution >= 4 is 22.7 Å². The van der Waals surface area contributed by atoms with E-state index in [9.17, 15) is 18.3 Å². The van der Waals surface area contributed by atoms with Crippen molar-refractivity contribution in [3.05, 3.63) is 42.5 Å². The number of aromatic nitrogens is 4. The van der Waals surface area contributed by atoms with Crippen LogP contribution in [-0.4, -0.2) is 68.4 Å². The van der Waals surface area contributed by atoms with Gasteiger partial charge in [0.05, 0.1) is 24.0 Å². The second-order valence-electron chi connectivity index (χ2n) is 10.5. The molecule has 0 amide bonds. The van der Waals surface area contributed by atoms with Crippen molar-refractivity contribution in [3.63, 3.8) is 0 Å². The molecule has 3 fully saturated rings. The number of benzene rings is 1. The van der Waals surface area contributed by atoms with Crippen LogP contribution in [-0.2, 0) is 15.7 Å². The fourth-order valence-electron chi connectivity index (χ4n) is 5.88. The lowest BCUT2D eigenvalue weighted by Gasteiger charge is -2.23. The number of aliphatic hydroxyl groups excluding tert-OH is 1. The lowest BCUT2D eigenvalue weighted by Crippen LogP contribution is -2.27. The molecule has 3 aliphatic rings. The highest BCUT2D eigenvalue weighted by atomic mass is 19.4. The number of hydrogen-bond donors (Lipinski definition) is 2. The summed E-state index contributed by atoms with van der Waals surface area (Å²) in [5.74, 6) is -0.149. The van der Waals surface area contributed by atoms with E-state index in [0.29, 0.717) is 36.5 Å². The SMILES string of the molecule is CC1(C)O[C@@H]2[C@@H](CO)C[C@@H](n3cnc4c(N[C@H]5CCN(c6ccc(C(F)(F)F)cc6)C5)ncnc43)[C@@H]2O1. The van der Waals surface area contributed by atoms with Crippen molar-refractivity contribution in [1.29, 1.82) is 0 Å². The molecule has 5 atom stereocenters. The van der Waals surface area contributed by atoms with Crippen LogP contribution in [0, 0.1) is 5.92 Å². The van der Waals surface area contributed by atoms with Crippen LogP contribution in [0.1, 0.15) is 38.3 Å². The first kappa shape index (κ1) is 24.4. The Hall–Kier alpha value is -2.96. The van der Waals surface area contributed by atoms with Gasteiger partial charge in [0.2, 0.25) is 0 Å². The van der Waals surface area contributed by atoms with Crippen molar-refractivity contribution in [2.24, 2.45) is 5.92 Å². The first-order chi connectivity index (χ1) is 17.6. The molecule has 9 nitrogen and oxygen atoms in total. The van der Waals surface area contributed by atoms with Gasteiger partial charge in [0.25, 0.3) is 0 Å². The van der Waals surface area contributed by atoms with E-state index in [-0.39, 0.29) is 36.8 Å². The van der Waals surface area contributed by atoms with Crippen LogP contribution in [0.4, 0.5) is 24.7 Å². The average molecular weight is 519 g/mol. The minimum absolute atomic E-state index is 0.0165. The summed E-state index contributed by atoms with van der Waals surface area (Å²) in [7, 11) is 0. The van der Waals surface area contributed by atoms with Crippen molar-refractivity contribution in [2.45, 2.75) is 62.9 Å². The third-order valence-corrected chi connectivity index (χ3v) is 7.59. The third kappa shape index (κ3) is 4.40. The highest BCUT2D eigenvalue weighted by Crippen LogP contribution is 2.47. The molecule has 0 spiro atoms. The minimum Gasteiger partial charge on any atom is -0.396 e. The Balaban J connectivity index is 1.19. The second kappa shape index (κ2) is 8.81. The zero-order chi connectivity index (χ0) is 25.9. The van der Waals surface area contributed by atoms with E-state index in [0.717, 1.165) is 24.2 Å². The molecule has 2 aromatic heterocycles. The number of halogens is 3. The number of hydrogen-bond acceptors (Lipinski definition) is 8. The number of rotatable bonds is 5. The van der Waals surface area contributed by atoms with Gasteiger partial charge in [0.1, 0.15) is 17.9 Å². The largest absolute Gasteiger partial charge is 0.416 e. The fraction of sp³-hybridized carbons (Fsp3) is 0.560. The quantitative estimate of drug-likeness (QED) is 0.529. The molecule has 0 bridgehead atoms. The van der Waals surface area contributed by atoms with Gasteiger partial charge in [-0.25, -0.2) is 15.0 Å². The van der Waals surface area contributed by atoms with Gasteiger partial charge in [-0.15, -0.1) is 0 Å². The zero-order valence-electron chi connectivity index (χ0n) is 20.5. The number of anilines is 2. The Morgan fingerprint density at radius 1 is 1.11 bits per heavy atom. The Labute approximate surface area is 211 Å². The van der Waals surface area contributed by atoms with Crippen molar-refractivity contribution in [3.8, 4) is 0 Å². The summed E-state index contributed by atoms with van der Waals surface area (Å²) in [5.41, 5.74) is 1.41. The molecule has 1 aliphatic carbocycles. The molecule has 0 unspecified atom stereocenters. The maximum absolute atomic E-state index is 12.9. The molecule has 4 heterocycles. The molecule has 37 heavy (non-hydrogen) atoms. The minimum atomic E-state index is -4.35. The molecule has 6 rings (SSSR count). The fourth-order valence-corrected chi connectivity index (χ4v) is 5.88. The summed E-state index contributed by atoms with van der Waals surface area (Å²) in [5, 5.41) is 13.4. The molecular formula is C25H29F3N6O3.